The molecule has 4 heteroatoms. The average molecular weight is 286 g/mol. The molecule has 0 aromatic carbocycles. The van der Waals surface area contributed by atoms with Gasteiger partial charge in [0, 0.05) is 23.8 Å². The second kappa shape index (κ2) is 7.63. The normalized spacial score (nSPS) is 10.8. The second-order valence-electron chi connectivity index (χ2n) is 3.72. The summed E-state index contributed by atoms with van der Waals surface area (Å²) in [5.74, 6) is 0.941. The van der Waals surface area contributed by atoms with Crippen molar-refractivity contribution >= 4 is 21.7 Å². The van der Waals surface area contributed by atoms with Crippen LogP contribution >= 0.6 is 15.9 Å². The van der Waals surface area contributed by atoms with E-state index < -0.39 is 0 Å². The van der Waals surface area contributed by atoms with Gasteiger partial charge in [0.1, 0.15) is 5.82 Å². The van der Waals surface area contributed by atoms with Crippen molar-refractivity contribution in [1.82, 2.24) is 9.88 Å². The standard InChI is InChI=1S/C12H20BrN3/c1-3-8-16(4-2)9-7-14-12-6-5-11(13)10-15-12/h5-6,10H,3-4,7-9H2,1-2H3,(H,14,15). The lowest BCUT2D eigenvalue weighted by Gasteiger charge is -2.19. The molecule has 1 aromatic rings. The van der Waals surface area contributed by atoms with Gasteiger partial charge in [-0.1, -0.05) is 13.8 Å². The molecule has 0 saturated carbocycles. The number of nitrogens with one attached hydrogen (secondary N) is 1. The highest BCUT2D eigenvalue weighted by Gasteiger charge is 2.00. The molecule has 1 rings (SSSR count). The van der Waals surface area contributed by atoms with Crippen molar-refractivity contribution in [3.05, 3.63) is 22.8 Å². The molecule has 0 unspecified atom stereocenters. The number of hydrogen-bond acceptors (Lipinski definition) is 3. The van der Waals surface area contributed by atoms with E-state index in [4.69, 9.17) is 0 Å². The maximum Gasteiger partial charge on any atom is 0.126 e. The second-order valence-corrected chi connectivity index (χ2v) is 4.64. The fraction of sp³-hybridized carbons (Fsp3) is 0.583. The molecule has 1 aromatic heterocycles. The van der Waals surface area contributed by atoms with Crippen molar-refractivity contribution in [1.29, 1.82) is 0 Å². The Kier molecular flexibility index (Phi) is 6.42. The van der Waals surface area contributed by atoms with Crippen molar-refractivity contribution < 1.29 is 0 Å². The van der Waals surface area contributed by atoms with Crippen LogP contribution in [-0.2, 0) is 0 Å². The molecule has 0 aliphatic rings. The Morgan fingerprint density at radius 2 is 2.12 bits per heavy atom. The Hall–Kier alpha value is -0.610. The molecule has 0 fully saturated rings. The van der Waals surface area contributed by atoms with Crippen LogP contribution in [-0.4, -0.2) is 36.1 Å². The highest BCUT2D eigenvalue weighted by Crippen LogP contribution is 2.09. The first kappa shape index (κ1) is 13.5. The summed E-state index contributed by atoms with van der Waals surface area (Å²) >= 11 is 3.37. The summed E-state index contributed by atoms with van der Waals surface area (Å²) in [6.45, 7) is 8.72. The van der Waals surface area contributed by atoms with Crippen LogP contribution in [0.4, 0.5) is 5.82 Å². The molecule has 0 aliphatic heterocycles. The number of aromatic nitrogens is 1. The minimum absolute atomic E-state index is 0.941. The number of hydrogen-bond donors (Lipinski definition) is 1. The van der Waals surface area contributed by atoms with Crippen LogP contribution in [0.3, 0.4) is 0 Å². The molecule has 1 heterocycles. The van der Waals surface area contributed by atoms with Crippen molar-refractivity contribution in [3.63, 3.8) is 0 Å². The summed E-state index contributed by atoms with van der Waals surface area (Å²) in [5.41, 5.74) is 0. The predicted octanol–water partition coefficient (Wildman–Crippen LogP) is 2.99. The first-order chi connectivity index (χ1) is 7.76. The van der Waals surface area contributed by atoms with Crippen molar-refractivity contribution in [3.8, 4) is 0 Å². The molecule has 0 atom stereocenters. The summed E-state index contributed by atoms with van der Waals surface area (Å²) in [4.78, 5) is 6.71. The van der Waals surface area contributed by atoms with E-state index in [1.807, 2.05) is 18.3 Å². The minimum atomic E-state index is 0.941. The average Bonchev–Trinajstić information content (AvgIpc) is 2.30. The number of pyridine rings is 1. The lowest BCUT2D eigenvalue weighted by atomic mass is 10.4. The molecular weight excluding hydrogens is 266 g/mol. The van der Waals surface area contributed by atoms with Crippen LogP contribution in [0.5, 0.6) is 0 Å². The number of rotatable bonds is 7. The van der Waals surface area contributed by atoms with Crippen LogP contribution < -0.4 is 5.32 Å². The van der Waals surface area contributed by atoms with Gasteiger partial charge >= 0.3 is 0 Å². The summed E-state index contributed by atoms with van der Waals surface area (Å²) < 4.78 is 1.01. The van der Waals surface area contributed by atoms with E-state index in [0.717, 1.165) is 29.9 Å². The van der Waals surface area contributed by atoms with Gasteiger partial charge in [0.15, 0.2) is 0 Å². The largest absolute Gasteiger partial charge is 0.369 e. The molecule has 0 bridgehead atoms. The van der Waals surface area contributed by atoms with Gasteiger partial charge in [0.25, 0.3) is 0 Å². The van der Waals surface area contributed by atoms with Gasteiger partial charge in [-0.25, -0.2) is 4.98 Å². The van der Waals surface area contributed by atoms with Crippen molar-refractivity contribution in [2.75, 3.05) is 31.5 Å². The zero-order chi connectivity index (χ0) is 11.8. The number of anilines is 1. The Bertz CT molecular complexity index is 287. The van der Waals surface area contributed by atoms with E-state index in [-0.39, 0.29) is 0 Å². The quantitative estimate of drug-likeness (QED) is 0.835. The Morgan fingerprint density at radius 1 is 1.31 bits per heavy atom. The minimum Gasteiger partial charge on any atom is -0.369 e. The SMILES string of the molecule is CCCN(CC)CCNc1ccc(Br)cn1. The van der Waals surface area contributed by atoms with Crippen LogP contribution in [0.1, 0.15) is 20.3 Å². The fourth-order valence-corrected chi connectivity index (χ4v) is 1.80. The topological polar surface area (TPSA) is 28.2 Å². The van der Waals surface area contributed by atoms with Gasteiger partial charge in [0.05, 0.1) is 0 Å². The Morgan fingerprint density at radius 3 is 2.69 bits per heavy atom. The monoisotopic (exact) mass is 285 g/mol. The van der Waals surface area contributed by atoms with Gasteiger partial charge < -0.3 is 10.2 Å². The predicted molar refractivity (Wildman–Crippen MR) is 72.8 cm³/mol. The number of halogens is 1. The molecule has 0 aliphatic carbocycles. The highest BCUT2D eigenvalue weighted by atomic mass is 79.9. The van der Waals surface area contributed by atoms with Crippen LogP contribution in [0, 0.1) is 0 Å². The fourth-order valence-electron chi connectivity index (χ4n) is 1.57. The summed E-state index contributed by atoms with van der Waals surface area (Å²) in [6.07, 6.45) is 3.02. The molecule has 90 valence electrons. The molecule has 0 amide bonds. The molecule has 1 N–H and O–H groups in total. The zero-order valence-electron chi connectivity index (χ0n) is 10.0. The van der Waals surface area contributed by atoms with E-state index in [2.05, 4.69) is 45.0 Å². The van der Waals surface area contributed by atoms with Gasteiger partial charge in [-0.2, -0.15) is 0 Å². The summed E-state index contributed by atoms with van der Waals surface area (Å²) in [5, 5.41) is 3.32. The third-order valence-electron chi connectivity index (χ3n) is 2.45. The van der Waals surface area contributed by atoms with Gasteiger partial charge in [-0.15, -0.1) is 0 Å². The zero-order valence-corrected chi connectivity index (χ0v) is 11.6. The Balaban J connectivity index is 2.26. The lowest BCUT2D eigenvalue weighted by molar-refractivity contribution is 0.300. The van der Waals surface area contributed by atoms with Gasteiger partial charge in [-0.05, 0) is 47.6 Å². The number of likely N-dealkylation sites (N-methyl/N-ethyl adjacent to an activating group) is 1. The maximum atomic E-state index is 4.27. The molecule has 16 heavy (non-hydrogen) atoms. The number of nitrogens with zero attached hydrogens (tertiary/aromatic N) is 2. The third-order valence-corrected chi connectivity index (χ3v) is 2.92. The van der Waals surface area contributed by atoms with Crippen molar-refractivity contribution in [2.45, 2.75) is 20.3 Å². The molecule has 3 nitrogen and oxygen atoms in total. The third kappa shape index (κ3) is 4.94. The van der Waals surface area contributed by atoms with E-state index in [1.54, 1.807) is 0 Å². The van der Waals surface area contributed by atoms with Gasteiger partial charge in [0.2, 0.25) is 0 Å². The van der Waals surface area contributed by atoms with Crippen LogP contribution in [0.15, 0.2) is 22.8 Å². The van der Waals surface area contributed by atoms with E-state index in [9.17, 15) is 0 Å². The van der Waals surface area contributed by atoms with Gasteiger partial charge in [-0.3, -0.25) is 0 Å². The Labute approximate surface area is 106 Å². The summed E-state index contributed by atoms with van der Waals surface area (Å²) in [6, 6.07) is 3.99. The summed E-state index contributed by atoms with van der Waals surface area (Å²) in [7, 11) is 0. The first-order valence-electron chi connectivity index (χ1n) is 5.84. The van der Waals surface area contributed by atoms with Crippen LogP contribution in [0.25, 0.3) is 0 Å². The maximum absolute atomic E-state index is 4.27. The molecular formula is C12H20BrN3. The first-order valence-corrected chi connectivity index (χ1v) is 6.63. The van der Waals surface area contributed by atoms with Crippen molar-refractivity contribution in [2.24, 2.45) is 0 Å². The van der Waals surface area contributed by atoms with E-state index in [0.29, 0.717) is 0 Å². The highest BCUT2D eigenvalue weighted by molar-refractivity contribution is 9.10. The lowest BCUT2D eigenvalue weighted by Crippen LogP contribution is -2.29. The van der Waals surface area contributed by atoms with E-state index >= 15 is 0 Å². The molecule has 0 spiro atoms. The smallest absolute Gasteiger partial charge is 0.126 e. The van der Waals surface area contributed by atoms with E-state index in [1.165, 1.54) is 13.0 Å². The molecule has 0 saturated heterocycles. The molecule has 0 radical (unpaired) electrons. The van der Waals surface area contributed by atoms with Crippen LogP contribution in [0.2, 0.25) is 0 Å².